The molecule has 0 spiro atoms. The van der Waals surface area contributed by atoms with Gasteiger partial charge in [-0.05, 0) is 43.0 Å². The largest absolute Gasteiger partial charge is 0.357 e. The van der Waals surface area contributed by atoms with Crippen molar-refractivity contribution in [1.82, 2.24) is 9.46 Å². The minimum absolute atomic E-state index is 0.0386. The molecule has 3 atom stereocenters. The van der Waals surface area contributed by atoms with Gasteiger partial charge in [-0.15, -0.1) is 0 Å². The number of nitrogens with one attached hydrogen (secondary N) is 1. The van der Waals surface area contributed by atoms with Gasteiger partial charge in [0.2, 0.25) is 10.0 Å². The molecular formula is C23H24F2N2O4S. The maximum atomic E-state index is 15.0. The first-order valence-electron chi connectivity index (χ1n) is 10.4. The number of aromatic amines is 1. The van der Waals surface area contributed by atoms with Gasteiger partial charge in [0.15, 0.2) is 0 Å². The minimum Gasteiger partial charge on any atom is -0.339 e. The van der Waals surface area contributed by atoms with Gasteiger partial charge < -0.3 is 4.52 Å². The molecule has 6 nitrogen and oxygen atoms in total. The first-order chi connectivity index (χ1) is 15.2. The first kappa shape index (κ1) is 22.4. The summed E-state index contributed by atoms with van der Waals surface area (Å²) >= 11 is 0. The molecule has 1 fully saturated rings. The fourth-order valence-corrected chi connectivity index (χ4v) is 6.44. The lowest BCUT2D eigenvalue weighted by atomic mass is 9.95. The summed E-state index contributed by atoms with van der Waals surface area (Å²) in [6.07, 6.45) is 1.09. The van der Waals surface area contributed by atoms with Gasteiger partial charge in [0.25, 0.3) is 0 Å². The maximum absolute atomic E-state index is 15.0. The zero-order valence-electron chi connectivity index (χ0n) is 17.7. The van der Waals surface area contributed by atoms with E-state index in [-0.39, 0.29) is 23.7 Å². The van der Waals surface area contributed by atoms with E-state index in [0.717, 1.165) is 12.1 Å². The average molecular weight is 463 g/mol. The summed E-state index contributed by atoms with van der Waals surface area (Å²) in [5, 5.41) is 1.69. The van der Waals surface area contributed by atoms with Crippen LogP contribution in [0.5, 0.6) is 0 Å². The van der Waals surface area contributed by atoms with E-state index in [1.165, 1.54) is 10.4 Å². The zero-order chi connectivity index (χ0) is 23.0. The van der Waals surface area contributed by atoms with Crippen LogP contribution in [0.15, 0.2) is 57.8 Å². The molecule has 0 bridgehead atoms. The Labute approximate surface area is 184 Å². The molecule has 1 aliphatic heterocycles. The van der Waals surface area contributed by atoms with Gasteiger partial charge in [-0.25, -0.2) is 27.1 Å². The molecule has 1 aliphatic rings. The van der Waals surface area contributed by atoms with Crippen molar-refractivity contribution in [2.75, 3.05) is 0 Å². The molecule has 1 saturated heterocycles. The lowest BCUT2D eigenvalue weighted by molar-refractivity contribution is 0.278. The van der Waals surface area contributed by atoms with Crippen LogP contribution in [0, 0.1) is 11.6 Å². The molecule has 9 heteroatoms. The fourth-order valence-electron chi connectivity index (χ4n) is 4.25. The van der Waals surface area contributed by atoms with E-state index >= 15 is 0 Å². The molecule has 4 rings (SSSR count). The molecule has 2 aromatic carbocycles. The number of hydrogen-bond donors (Lipinski definition) is 1. The lowest BCUT2D eigenvalue weighted by Crippen LogP contribution is -2.44. The summed E-state index contributed by atoms with van der Waals surface area (Å²) in [5.41, 5.74) is 0.401. The predicted octanol–water partition coefficient (Wildman–Crippen LogP) is 4.45. The summed E-state index contributed by atoms with van der Waals surface area (Å²) in [6.45, 7) is 3.13. The second kappa shape index (κ2) is 8.63. The van der Waals surface area contributed by atoms with E-state index in [2.05, 4.69) is 9.68 Å². The van der Waals surface area contributed by atoms with Gasteiger partial charge in [0.05, 0.1) is 5.69 Å². The molecule has 0 radical (unpaired) electrons. The number of H-pyrrole nitrogens is 1. The van der Waals surface area contributed by atoms with Crippen molar-refractivity contribution in [3.63, 3.8) is 0 Å². The van der Waals surface area contributed by atoms with E-state index in [9.17, 15) is 22.0 Å². The standard InChI is InChI=1S/C23H24F2N2O4S/c1-14-8-9-22(16-6-4-3-5-7-16)32(29,30)27(14)13-17-10-20(25)18(11-19(17)24)15(2)21-12-23(28)31-26-21/h3-7,10-12,14-15,22,26H,8-9,13H2,1-2H3/t14-,15?,22+/m0/s1. The predicted molar refractivity (Wildman–Crippen MR) is 116 cm³/mol. The summed E-state index contributed by atoms with van der Waals surface area (Å²) in [5.74, 6) is -2.04. The third-order valence-corrected chi connectivity index (χ3v) is 8.53. The van der Waals surface area contributed by atoms with Crippen LogP contribution >= 0.6 is 0 Å². The fraction of sp³-hybridized carbons (Fsp3) is 0.348. The van der Waals surface area contributed by atoms with E-state index < -0.39 is 38.5 Å². The normalized spacial score (nSPS) is 22.0. The second-order valence-electron chi connectivity index (χ2n) is 8.23. The third-order valence-electron chi connectivity index (χ3n) is 6.16. The van der Waals surface area contributed by atoms with Crippen LogP contribution in [0.4, 0.5) is 8.78 Å². The number of sulfonamides is 1. The summed E-state index contributed by atoms with van der Waals surface area (Å²) in [6, 6.07) is 11.9. The van der Waals surface area contributed by atoms with Crippen molar-refractivity contribution >= 4 is 10.0 Å². The average Bonchev–Trinajstić information content (AvgIpc) is 3.19. The number of aromatic nitrogens is 1. The van der Waals surface area contributed by atoms with Crippen LogP contribution in [0.1, 0.15) is 60.2 Å². The summed E-state index contributed by atoms with van der Waals surface area (Å²) in [7, 11) is -3.77. The van der Waals surface area contributed by atoms with Crippen molar-refractivity contribution in [2.45, 2.75) is 50.4 Å². The molecule has 2 heterocycles. The Bertz CT molecular complexity index is 1270. The van der Waals surface area contributed by atoms with Crippen LogP contribution in [0.3, 0.4) is 0 Å². The molecular weight excluding hydrogens is 438 g/mol. The Kier molecular flexibility index (Phi) is 6.05. The van der Waals surface area contributed by atoms with Gasteiger partial charge in [-0.1, -0.05) is 37.3 Å². The van der Waals surface area contributed by atoms with Gasteiger partial charge in [-0.3, -0.25) is 0 Å². The van der Waals surface area contributed by atoms with Crippen molar-refractivity contribution in [2.24, 2.45) is 0 Å². The van der Waals surface area contributed by atoms with Gasteiger partial charge >= 0.3 is 5.63 Å². The molecule has 32 heavy (non-hydrogen) atoms. The highest BCUT2D eigenvalue weighted by molar-refractivity contribution is 7.89. The Morgan fingerprint density at radius 2 is 1.84 bits per heavy atom. The number of nitrogens with zero attached hydrogens (tertiary/aromatic N) is 1. The highest BCUT2D eigenvalue weighted by Gasteiger charge is 2.40. The number of benzene rings is 2. The maximum Gasteiger partial charge on any atom is 0.357 e. The monoisotopic (exact) mass is 462 g/mol. The molecule has 1 N–H and O–H groups in total. The number of hydrogen-bond acceptors (Lipinski definition) is 4. The molecule has 0 saturated carbocycles. The van der Waals surface area contributed by atoms with Crippen molar-refractivity contribution in [1.29, 1.82) is 0 Å². The summed E-state index contributed by atoms with van der Waals surface area (Å²) < 4.78 is 62.5. The molecule has 0 aliphatic carbocycles. The lowest BCUT2D eigenvalue weighted by Gasteiger charge is -2.37. The Balaban J connectivity index is 1.64. The van der Waals surface area contributed by atoms with Crippen molar-refractivity contribution in [3.8, 4) is 0 Å². The molecule has 0 amide bonds. The quantitative estimate of drug-likeness (QED) is 0.607. The van der Waals surface area contributed by atoms with Gasteiger partial charge in [-0.2, -0.15) is 4.31 Å². The third kappa shape index (κ3) is 4.14. The minimum atomic E-state index is -3.77. The highest BCUT2D eigenvalue weighted by Crippen LogP contribution is 2.38. The Morgan fingerprint density at radius 3 is 2.50 bits per heavy atom. The van der Waals surface area contributed by atoms with Crippen LogP contribution < -0.4 is 5.63 Å². The van der Waals surface area contributed by atoms with Crippen LogP contribution in [0.25, 0.3) is 0 Å². The van der Waals surface area contributed by atoms with E-state index in [1.807, 2.05) is 6.07 Å². The topological polar surface area (TPSA) is 83.4 Å². The Hall–Kier alpha value is -2.78. The van der Waals surface area contributed by atoms with E-state index in [1.54, 1.807) is 38.1 Å². The highest BCUT2D eigenvalue weighted by atomic mass is 32.2. The number of rotatable bonds is 5. The van der Waals surface area contributed by atoms with Gasteiger partial charge in [0.1, 0.15) is 16.9 Å². The molecule has 170 valence electrons. The van der Waals surface area contributed by atoms with Crippen LogP contribution in [-0.2, 0) is 16.6 Å². The van der Waals surface area contributed by atoms with E-state index in [4.69, 9.17) is 0 Å². The summed E-state index contributed by atoms with van der Waals surface area (Å²) in [4.78, 5) is 11.2. The SMILES string of the molecule is CC(c1cc(=O)o[nH]1)c1cc(F)c(CN2[C@@H](C)CC[C@H](c3ccccc3)S2(=O)=O)cc1F. The van der Waals surface area contributed by atoms with E-state index in [0.29, 0.717) is 24.1 Å². The van der Waals surface area contributed by atoms with Crippen molar-refractivity contribution in [3.05, 3.63) is 93.0 Å². The second-order valence-corrected chi connectivity index (χ2v) is 10.3. The molecule has 1 unspecified atom stereocenters. The van der Waals surface area contributed by atoms with Crippen LogP contribution in [0.2, 0.25) is 0 Å². The van der Waals surface area contributed by atoms with Crippen molar-refractivity contribution < 1.29 is 21.7 Å². The smallest absolute Gasteiger partial charge is 0.339 e. The van der Waals surface area contributed by atoms with Gasteiger partial charge in [0, 0.05) is 30.1 Å². The van der Waals surface area contributed by atoms with Crippen LogP contribution in [-0.4, -0.2) is 23.9 Å². The Morgan fingerprint density at radius 1 is 1.12 bits per heavy atom. The molecule has 3 aromatic rings. The zero-order valence-corrected chi connectivity index (χ0v) is 18.5. The number of halogens is 2. The molecule has 1 aromatic heterocycles. The first-order valence-corrected chi connectivity index (χ1v) is 11.9.